The third kappa shape index (κ3) is 2.45. The topological polar surface area (TPSA) is 82.2 Å². The van der Waals surface area contributed by atoms with E-state index in [1.165, 1.54) is 12.3 Å². The molecule has 1 rings (SSSR count). The van der Waals surface area contributed by atoms with Crippen molar-refractivity contribution in [2.45, 2.75) is 6.54 Å². The summed E-state index contributed by atoms with van der Waals surface area (Å²) in [5.74, 6) is 0. The Morgan fingerprint density at radius 1 is 1.58 bits per heavy atom. The van der Waals surface area contributed by atoms with Gasteiger partial charge in [-0.3, -0.25) is 4.79 Å². The maximum Gasteiger partial charge on any atom is 0.404 e. The molecular formula is C7H8N2O3. The number of H-pyrrole nitrogens is 1. The second kappa shape index (κ2) is 3.56. The van der Waals surface area contributed by atoms with Gasteiger partial charge in [-0.25, -0.2) is 4.79 Å². The minimum atomic E-state index is -1.08. The average molecular weight is 168 g/mol. The summed E-state index contributed by atoms with van der Waals surface area (Å²) < 4.78 is 0. The standard InChI is InChI=1S/C7H8N2O3/c10-6-2-1-5(3-8-6)4-9-7(11)12/h1-3,9H,4H2,(H,8,10)(H,11,12). The Kier molecular flexibility index (Phi) is 2.47. The van der Waals surface area contributed by atoms with Crippen LogP contribution in [0.1, 0.15) is 5.56 Å². The Labute approximate surface area is 68.0 Å². The van der Waals surface area contributed by atoms with Gasteiger partial charge in [0.15, 0.2) is 0 Å². The normalized spacial score (nSPS) is 9.33. The van der Waals surface area contributed by atoms with E-state index in [0.717, 1.165) is 5.56 Å². The fraction of sp³-hybridized carbons (Fsp3) is 0.143. The first-order chi connectivity index (χ1) is 5.68. The number of hydrogen-bond donors (Lipinski definition) is 3. The van der Waals surface area contributed by atoms with Crippen molar-refractivity contribution in [3.63, 3.8) is 0 Å². The molecule has 0 radical (unpaired) electrons. The van der Waals surface area contributed by atoms with Gasteiger partial charge < -0.3 is 15.4 Å². The van der Waals surface area contributed by atoms with Gasteiger partial charge in [0.05, 0.1) is 0 Å². The Morgan fingerprint density at radius 2 is 2.33 bits per heavy atom. The highest BCUT2D eigenvalue weighted by Gasteiger charge is 1.95. The molecule has 0 spiro atoms. The fourth-order valence-corrected chi connectivity index (χ4v) is 0.730. The number of aromatic amines is 1. The lowest BCUT2D eigenvalue weighted by atomic mass is 10.3. The van der Waals surface area contributed by atoms with Gasteiger partial charge in [-0.1, -0.05) is 6.07 Å². The monoisotopic (exact) mass is 168 g/mol. The van der Waals surface area contributed by atoms with Crippen molar-refractivity contribution in [3.05, 3.63) is 34.2 Å². The molecule has 0 aliphatic rings. The first-order valence-corrected chi connectivity index (χ1v) is 3.33. The van der Waals surface area contributed by atoms with E-state index in [4.69, 9.17) is 5.11 Å². The molecule has 0 aliphatic carbocycles. The molecule has 1 aromatic heterocycles. The van der Waals surface area contributed by atoms with Crippen LogP contribution in [0.2, 0.25) is 0 Å². The van der Waals surface area contributed by atoms with Crippen LogP contribution < -0.4 is 10.9 Å². The first kappa shape index (κ1) is 8.32. The summed E-state index contributed by atoms with van der Waals surface area (Å²) >= 11 is 0. The average Bonchev–Trinajstić information content (AvgIpc) is 2.03. The van der Waals surface area contributed by atoms with Gasteiger partial charge in [-0.15, -0.1) is 0 Å². The molecule has 1 aromatic rings. The van der Waals surface area contributed by atoms with Gasteiger partial charge in [0.1, 0.15) is 0 Å². The quantitative estimate of drug-likeness (QED) is 0.587. The predicted molar refractivity (Wildman–Crippen MR) is 41.9 cm³/mol. The van der Waals surface area contributed by atoms with E-state index >= 15 is 0 Å². The summed E-state index contributed by atoms with van der Waals surface area (Å²) in [7, 11) is 0. The number of carbonyl (C=O) groups is 1. The molecule has 0 unspecified atom stereocenters. The molecule has 0 aromatic carbocycles. The van der Waals surface area contributed by atoms with Crippen molar-refractivity contribution >= 4 is 6.09 Å². The number of rotatable bonds is 2. The lowest BCUT2D eigenvalue weighted by Gasteiger charge is -1.98. The van der Waals surface area contributed by atoms with Gasteiger partial charge in [-0.05, 0) is 5.56 Å². The second-order valence-electron chi connectivity index (χ2n) is 2.22. The van der Waals surface area contributed by atoms with E-state index in [2.05, 4.69) is 10.3 Å². The molecule has 0 saturated carbocycles. The van der Waals surface area contributed by atoms with E-state index < -0.39 is 6.09 Å². The molecule has 5 heteroatoms. The number of carboxylic acid groups (broad SMARTS) is 1. The Bertz CT molecular complexity index is 311. The Hall–Kier alpha value is -1.78. The SMILES string of the molecule is O=C(O)NCc1ccc(=O)[nH]c1. The molecule has 12 heavy (non-hydrogen) atoms. The van der Waals surface area contributed by atoms with Crippen LogP contribution in [0.5, 0.6) is 0 Å². The Balaban J connectivity index is 2.59. The maximum absolute atomic E-state index is 10.6. The number of nitrogens with one attached hydrogen (secondary N) is 2. The molecule has 64 valence electrons. The van der Waals surface area contributed by atoms with E-state index in [0.29, 0.717) is 0 Å². The molecule has 5 nitrogen and oxygen atoms in total. The molecule has 0 atom stereocenters. The number of hydrogen-bond acceptors (Lipinski definition) is 2. The molecule has 1 heterocycles. The smallest absolute Gasteiger partial charge is 0.404 e. The van der Waals surface area contributed by atoms with Crippen LogP contribution in [0.4, 0.5) is 4.79 Å². The maximum atomic E-state index is 10.6. The number of aromatic nitrogens is 1. The van der Waals surface area contributed by atoms with E-state index in [1.807, 2.05) is 0 Å². The van der Waals surface area contributed by atoms with Crippen LogP contribution in [0.25, 0.3) is 0 Å². The third-order valence-electron chi connectivity index (χ3n) is 1.29. The van der Waals surface area contributed by atoms with Gasteiger partial charge in [-0.2, -0.15) is 0 Å². The van der Waals surface area contributed by atoms with Crippen molar-refractivity contribution in [1.29, 1.82) is 0 Å². The fourth-order valence-electron chi connectivity index (χ4n) is 0.730. The van der Waals surface area contributed by atoms with Gasteiger partial charge in [0.2, 0.25) is 5.56 Å². The molecule has 0 bridgehead atoms. The van der Waals surface area contributed by atoms with Crippen molar-refractivity contribution < 1.29 is 9.90 Å². The highest BCUT2D eigenvalue weighted by Crippen LogP contribution is 1.90. The largest absolute Gasteiger partial charge is 0.465 e. The van der Waals surface area contributed by atoms with Crippen LogP contribution >= 0.6 is 0 Å². The first-order valence-electron chi connectivity index (χ1n) is 3.33. The zero-order valence-corrected chi connectivity index (χ0v) is 6.20. The lowest BCUT2D eigenvalue weighted by Crippen LogP contribution is -2.20. The van der Waals surface area contributed by atoms with Crippen molar-refractivity contribution in [3.8, 4) is 0 Å². The highest BCUT2D eigenvalue weighted by molar-refractivity contribution is 5.64. The molecule has 3 N–H and O–H groups in total. The summed E-state index contributed by atoms with van der Waals surface area (Å²) in [6.45, 7) is 0.201. The number of amides is 1. The van der Waals surface area contributed by atoms with Crippen LogP contribution in [0, 0.1) is 0 Å². The zero-order valence-electron chi connectivity index (χ0n) is 6.20. The second-order valence-corrected chi connectivity index (χ2v) is 2.22. The predicted octanol–water partition coefficient (Wildman–Crippen LogP) is 0.142. The molecule has 0 fully saturated rings. The van der Waals surface area contributed by atoms with Crippen LogP contribution in [0.15, 0.2) is 23.1 Å². The summed E-state index contributed by atoms with van der Waals surface area (Å²) in [6, 6.07) is 2.91. The summed E-state index contributed by atoms with van der Waals surface area (Å²) in [6.07, 6.45) is 0.388. The minimum absolute atomic E-state index is 0.200. The molecule has 1 amide bonds. The van der Waals surface area contributed by atoms with E-state index in [-0.39, 0.29) is 12.1 Å². The van der Waals surface area contributed by atoms with E-state index in [1.54, 1.807) is 6.07 Å². The van der Waals surface area contributed by atoms with E-state index in [9.17, 15) is 9.59 Å². The van der Waals surface area contributed by atoms with Crippen LogP contribution in [-0.2, 0) is 6.54 Å². The van der Waals surface area contributed by atoms with Crippen molar-refractivity contribution in [2.24, 2.45) is 0 Å². The van der Waals surface area contributed by atoms with Crippen molar-refractivity contribution in [2.75, 3.05) is 0 Å². The van der Waals surface area contributed by atoms with Crippen molar-refractivity contribution in [1.82, 2.24) is 10.3 Å². The zero-order chi connectivity index (χ0) is 8.97. The van der Waals surface area contributed by atoms with Crippen LogP contribution in [-0.4, -0.2) is 16.2 Å². The summed E-state index contributed by atoms with van der Waals surface area (Å²) in [4.78, 5) is 23.1. The molecule has 0 saturated heterocycles. The third-order valence-corrected chi connectivity index (χ3v) is 1.29. The lowest BCUT2D eigenvalue weighted by molar-refractivity contribution is 0.194. The highest BCUT2D eigenvalue weighted by atomic mass is 16.4. The summed E-state index contributed by atoms with van der Waals surface area (Å²) in [5, 5.41) is 10.4. The Morgan fingerprint density at radius 3 is 2.83 bits per heavy atom. The molecule has 0 aliphatic heterocycles. The molecular weight excluding hydrogens is 160 g/mol. The number of pyridine rings is 1. The summed E-state index contributed by atoms with van der Waals surface area (Å²) in [5.41, 5.74) is 0.520. The minimum Gasteiger partial charge on any atom is -0.465 e. The van der Waals surface area contributed by atoms with Gasteiger partial charge in [0, 0.05) is 18.8 Å². The van der Waals surface area contributed by atoms with Gasteiger partial charge >= 0.3 is 6.09 Å². The van der Waals surface area contributed by atoms with Gasteiger partial charge in [0.25, 0.3) is 0 Å². The van der Waals surface area contributed by atoms with Crippen LogP contribution in [0.3, 0.4) is 0 Å².